The Bertz CT molecular complexity index is 161. The summed E-state index contributed by atoms with van der Waals surface area (Å²) in [7, 11) is 0. The van der Waals surface area contributed by atoms with E-state index in [9.17, 15) is 4.79 Å². The van der Waals surface area contributed by atoms with Crippen LogP contribution in [-0.2, 0) is 4.79 Å². The van der Waals surface area contributed by atoms with Crippen LogP contribution in [0.5, 0.6) is 0 Å². The highest BCUT2D eigenvalue weighted by atomic mass is 16.1. The van der Waals surface area contributed by atoms with Crippen LogP contribution in [0.4, 0.5) is 0 Å². The smallest absolute Gasteiger partial charge is 0.136 e. The van der Waals surface area contributed by atoms with Gasteiger partial charge in [0.05, 0.1) is 0 Å². The molecule has 0 aliphatic heterocycles. The van der Waals surface area contributed by atoms with Crippen LogP contribution < -0.4 is 5.73 Å². The van der Waals surface area contributed by atoms with Gasteiger partial charge in [-0.15, -0.1) is 0 Å². The van der Waals surface area contributed by atoms with Gasteiger partial charge in [0, 0.05) is 12.5 Å². The van der Waals surface area contributed by atoms with Gasteiger partial charge in [0.15, 0.2) is 0 Å². The lowest BCUT2D eigenvalue weighted by Gasteiger charge is -2.11. The van der Waals surface area contributed by atoms with Crippen molar-refractivity contribution in [2.24, 2.45) is 17.6 Å². The summed E-state index contributed by atoms with van der Waals surface area (Å²) in [5, 5.41) is 0. The van der Waals surface area contributed by atoms with Crippen molar-refractivity contribution < 1.29 is 4.79 Å². The molecule has 0 saturated heterocycles. The lowest BCUT2D eigenvalue weighted by Crippen LogP contribution is -2.11. The first-order chi connectivity index (χ1) is 5.57. The molecule has 0 bridgehead atoms. The maximum absolute atomic E-state index is 11.1. The molecule has 12 heavy (non-hydrogen) atoms. The van der Waals surface area contributed by atoms with Crippen molar-refractivity contribution in [1.29, 1.82) is 0 Å². The Hall–Kier alpha value is -0.630. The summed E-state index contributed by atoms with van der Waals surface area (Å²) in [5.41, 5.74) is 5.31. The molecule has 0 spiro atoms. The maximum atomic E-state index is 11.1. The standard InChI is InChI=1S/C10H19NO/c1-8(2)7-10(9(3)12)5-4-6-11/h4-5,8,10H,6-7,11H2,1-3H3/b5-4+/t10-/m0/s1. The molecule has 70 valence electrons. The normalized spacial score (nSPS) is 14.1. The second-order valence-corrected chi connectivity index (χ2v) is 3.51. The minimum absolute atomic E-state index is 0.0635. The number of hydrogen-bond acceptors (Lipinski definition) is 2. The number of rotatable bonds is 5. The number of carbonyl (C=O) groups is 1. The fraction of sp³-hybridized carbons (Fsp3) is 0.700. The van der Waals surface area contributed by atoms with Crippen molar-refractivity contribution in [2.45, 2.75) is 27.2 Å². The molecular formula is C10H19NO. The quantitative estimate of drug-likeness (QED) is 0.637. The Labute approximate surface area is 74.8 Å². The van der Waals surface area contributed by atoms with Crippen molar-refractivity contribution in [3.05, 3.63) is 12.2 Å². The molecule has 0 saturated carbocycles. The van der Waals surface area contributed by atoms with Crippen LogP contribution in [0, 0.1) is 11.8 Å². The largest absolute Gasteiger partial charge is 0.327 e. The number of Topliss-reactive ketones (excluding diaryl/α,β-unsaturated/α-hetero) is 1. The maximum Gasteiger partial charge on any atom is 0.136 e. The summed E-state index contributed by atoms with van der Waals surface area (Å²) in [6.07, 6.45) is 4.70. The molecule has 0 aromatic heterocycles. The molecule has 0 aliphatic carbocycles. The monoisotopic (exact) mass is 169 g/mol. The van der Waals surface area contributed by atoms with Gasteiger partial charge in [-0.1, -0.05) is 26.0 Å². The van der Waals surface area contributed by atoms with E-state index in [1.165, 1.54) is 0 Å². The van der Waals surface area contributed by atoms with Gasteiger partial charge in [0.25, 0.3) is 0 Å². The number of carbonyl (C=O) groups excluding carboxylic acids is 1. The van der Waals surface area contributed by atoms with Crippen molar-refractivity contribution in [3.8, 4) is 0 Å². The molecule has 2 heteroatoms. The van der Waals surface area contributed by atoms with E-state index >= 15 is 0 Å². The zero-order valence-electron chi connectivity index (χ0n) is 8.21. The van der Waals surface area contributed by atoms with Crippen molar-refractivity contribution in [3.63, 3.8) is 0 Å². The van der Waals surface area contributed by atoms with Crippen molar-refractivity contribution >= 4 is 5.78 Å². The summed E-state index contributed by atoms with van der Waals surface area (Å²) in [6.45, 7) is 6.38. The van der Waals surface area contributed by atoms with Crippen LogP contribution in [0.1, 0.15) is 27.2 Å². The van der Waals surface area contributed by atoms with Crippen LogP contribution >= 0.6 is 0 Å². The van der Waals surface area contributed by atoms with E-state index in [4.69, 9.17) is 5.73 Å². The van der Waals surface area contributed by atoms with E-state index < -0.39 is 0 Å². The first kappa shape index (κ1) is 11.4. The molecule has 0 rings (SSSR count). The van der Waals surface area contributed by atoms with Gasteiger partial charge in [0.2, 0.25) is 0 Å². The van der Waals surface area contributed by atoms with E-state index in [2.05, 4.69) is 13.8 Å². The summed E-state index contributed by atoms with van der Waals surface area (Å²) < 4.78 is 0. The summed E-state index contributed by atoms with van der Waals surface area (Å²) in [5.74, 6) is 0.850. The third-order valence-electron chi connectivity index (χ3n) is 1.75. The van der Waals surface area contributed by atoms with Gasteiger partial charge in [-0.3, -0.25) is 4.79 Å². The molecule has 0 radical (unpaired) electrons. The highest BCUT2D eigenvalue weighted by Crippen LogP contribution is 2.13. The van der Waals surface area contributed by atoms with Gasteiger partial charge >= 0.3 is 0 Å². The minimum Gasteiger partial charge on any atom is -0.327 e. The Morgan fingerprint density at radius 1 is 1.50 bits per heavy atom. The van der Waals surface area contributed by atoms with Gasteiger partial charge in [0.1, 0.15) is 5.78 Å². The van der Waals surface area contributed by atoms with Gasteiger partial charge in [-0.2, -0.15) is 0 Å². The molecule has 2 nitrogen and oxygen atoms in total. The summed E-state index contributed by atoms with van der Waals surface area (Å²) >= 11 is 0. The third-order valence-corrected chi connectivity index (χ3v) is 1.75. The topological polar surface area (TPSA) is 43.1 Å². The molecular weight excluding hydrogens is 150 g/mol. The Morgan fingerprint density at radius 2 is 2.08 bits per heavy atom. The van der Waals surface area contributed by atoms with Crippen molar-refractivity contribution in [1.82, 2.24) is 0 Å². The molecule has 2 N–H and O–H groups in total. The summed E-state index contributed by atoms with van der Waals surface area (Å²) in [6, 6.07) is 0. The number of ketones is 1. The van der Waals surface area contributed by atoms with Crippen LogP contribution in [-0.4, -0.2) is 12.3 Å². The first-order valence-electron chi connectivity index (χ1n) is 4.45. The molecule has 0 heterocycles. The Morgan fingerprint density at radius 3 is 2.42 bits per heavy atom. The fourth-order valence-electron chi connectivity index (χ4n) is 1.13. The second-order valence-electron chi connectivity index (χ2n) is 3.51. The van der Waals surface area contributed by atoms with Crippen molar-refractivity contribution in [2.75, 3.05) is 6.54 Å². The predicted octanol–water partition coefficient (Wildman–Crippen LogP) is 1.75. The zero-order chi connectivity index (χ0) is 9.56. The minimum atomic E-state index is 0.0635. The van der Waals surface area contributed by atoms with E-state index in [1.807, 2.05) is 12.2 Å². The van der Waals surface area contributed by atoms with E-state index in [0.29, 0.717) is 12.5 Å². The number of allylic oxidation sites excluding steroid dienone is 1. The predicted molar refractivity (Wildman–Crippen MR) is 51.8 cm³/mol. The van der Waals surface area contributed by atoms with Crippen LogP contribution in [0.15, 0.2) is 12.2 Å². The third kappa shape index (κ3) is 5.08. The highest BCUT2D eigenvalue weighted by Gasteiger charge is 2.11. The average Bonchev–Trinajstić information content (AvgIpc) is 1.96. The Kier molecular flexibility index (Phi) is 5.64. The average molecular weight is 169 g/mol. The number of hydrogen-bond donors (Lipinski definition) is 1. The zero-order valence-corrected chi connectivity index (χ0v) is 8.21. The lowest BCUT2D eigenvalue weighted by molar-refractivity contribution is -0.119. The molecule has 1 atom stereocenters. The molecule has 0 aliphatic rings. The lowest BCUT2D eigenvalue weighted by atomic mass is 9.93. The fourth-order valence-corrected chi connectivity index (χ4v) is 1.13. The Balaban J connectivity index is 4.04. The second kappa shape index (κ2) is 5.95. The molecule has 0 aromatic carbocycles. The van der Waals surface area contributed by atoms with Crippen LogP contribution in [0.2, 0.25) is 0 Å². The van der Waals surface area contributed by atoms with Crippen LogP contribution in [0.3, 0.4) is 0 Å². The molecule has 0 fully saturated rings. The van der Waals surface area contributed by atoms with E-state index in [0.717, 1.165) is 6.42 Å². The van der Waals surface area contributed by atoms with Gasteiger partial charge in [-0.25, -0.2) is 0 Å². The molecule has 0 unspecified atom stereocenters. The molecule has 0 aromatic rings. The SMILES string of the molecule is CC(=O)[C@@H](/C=C/CN)CC(C)C. The number of nitrogens with two attached hydrogens (primary N) is 1. The first-order valence-corrected chi connectivity index (χ1v) is 4.45. The molecule has 0 amide bonds. The highest BCUT2D eigenvalue weighted by molar-refractivity contribution is 5.80. The van der Waals surface area contributed by atoms with E-state index in [1.54, 1.807) is 6.92 Å². The van der Waals surface area contributed by atoms with Gasteiger partial charge < -0.3 is 5.73 Å². The summed E-state index contributed by atoms with van der Waals surface area (Å²) in [4.78, 5) is 11.1. The van der Waals surface area contributed by atoms with Gasteiger partial charge in [-0.05, 0) is 19.3 Å². The van der Waals surface area contributed by atoms with Crippen LogP contribution in [0.25, 0.3) is 0 Å². The van der Waals surface area contributed by atoms with E-state index in [-0.39, 0.29) is 11.7 Å².